The van der Waals surface area contributed by atoms with Gasteiger partial charge in [-0.05, 0) is 0 Å². The number of hydrogen-bond donors (Lipinski definition) is 0. The highest BCUT2D eigenvalue weighted by atomic mass is 19.4. The van der Waals surface area contributed by atoms with Gasteiger partial charge in [-0.1, -0.05) is 6.58 Å². The first kappa shape index (κ1) is 13.7. The average Bonchev–Trinajstić information content (AvgIpc) is 1.99. The van der Waals surface area contributed by atoms with Crippen molar-refractivity contribution >= 4 is 5.97 Å². The van der Waals surface area contributed by atoms with Crippen LogP contribution in [0.2, 0.25) is 0 Å². The molecule has 9 heteroatoms. The molecule has 0 N–H and O–H groups in total. The molecule has 2 nitrogen and oxygen atoms in total. The third-order valence-corrected chi connectivity index (χ3v) is 1.14. The largest absolute Gasteiger partial charge is 0.470 e. The maximum atomic E-state index is 12.5. The molecule has 0 unspecified atom stereocenters. The van der Waals surface area contributed by atoms with E-state index in [0.717, 1.165) is 0 Å². The van der Waals surface area contributed by atoms with Crippen molar-refractivity contribution in [3.05, 3.63) is 12.7 Å². The molecule has 0 atom stereocenters. The fourth-order valence-electron chi connectivity index (χ4n) is 0.457. The number of alkyl halides is 7. The molecule has 0 aliphatic carbocycles. The highest BCUT2D eigenvalue weighted by molar-refractivity contribution is 5.81. The van der Waals surface area contributed by atoms with E-state index in [1.807, 2.05) is 0 Å². The summed E-state index contributed by atoms with van der Waals surface area (Å²) < 4.78 is 85.3. The Kier molecular flexibility index (Phi) is 3.39. The van der Waals surface area contributed by atoms with E-state index in [-0.39, 0.29) is 6.08 Å². The van der Waals surface area contributed by atoms with E-state index >= 15 is 0 Å². The van der Waals surface area contributed by atoms with Crippen LogP contribution in [0.1, 0.15) is 0 Å². The summed E-state index contributed by atoms with van der Waals surface area (Å²) in [4.78, 5) is 10.1. The summed E-state index contributed by atoms with van der Waals surface area (Å²) in [6.45, 7) is 2.53. The van der Waals surface area contributed by atoms with Gasteiger partial charge in [0.1, 0.15) is 0 Å². The molecule has 0 amide bonds. The first-order chi connectivity index (χ1) is 6.45. The van der Waals surface area contributed by atoms with Crippen molar-refractivity contribution in [1.82, 2.24) is 0 Å². The van der Waals surface area contributed by atoms with Gasteiger partial charge in [-0.15, -0.1) is 0 Å². The Balaban J connectivity index is 5.24. The van der Waals surface area contributed by atoms with Crippen LogP contribution in [0.4, 0.5) is 30.7 Å². The lowest BCUT2D eigenvalue weighted by atomic mass is 10.3. The fourth-order valence-corrected chi connectivity index (χ4v) is 0.457. The minimum Gasteiger partial charge on any atom is -0.409 e. The van der Waals surface area contributed by atoms with Gasteiger partial charge in [0.15, 0.2) is 0 Å². The van der Waals surface area contributed by atoms with Crippen molar-refractivity contribution in [2.75, 3.05) is 0 Å². The minimum absolute atomic E-state index is 0.0220. The molecule has 0 bridgehead atoms. The Morgan fingerprint density at radius 1 is 1.00 bits per heavy atom. The molecule has 0 aromatic carbocycles. The van der Waals surface area contributed by atoms with Crippen molar-refractivity contribution in [1.29, 1.82) is 0 Å². The third kappa shape index (κ3) is 2.60. The van der Waals surface area contributed by atoms with Gasteiger partial charge in [0.25, 0.3) is 0 Å². The molecule has 0 aliphatic heterocycles. The van der Waals surface area contributed by atoms with E-state index in [1.54, 1.807) is 0 Å². The molecular weight excluding hydrogens is 237 g/mol. The summed E-state index contributed by atoms with van der Waals surface area (Å²) >= 11 is 0. The van der Waals surface area contributed by atoms with E-state index in [9.17, 15) is 35.5 Å². The molecule has 0 heterocycles. The molecule has 0 rings (SSSR count). The molecule has 88 valence electrons. The predicted octanol–water partition coefficient (Wildman–Crippen LogP) is 2.51. The standard InChI is InChI=1S/C6H3F7O2/c1-2-3(14)15-4(7,5(8,9)10)6(11,12)13/h2H,1H2. The smallest absolute Gasteiger partial charge is 0.409 e. The van der Waals surface area contributed by atoms with Gasteiger partial charge < -0.3 is 4.74 Å². The Bertz CT molecular complexity index is 250. The van der Waals surface area contributed by atoms with Crippen molar-refractivity contribution < 1.29 is 40.3 Å². The summed E-state index contributed by atoms with van der Waals surface area (Å²) in [5, 5.41) is 0. The van der Waals surface area contributed by atoms with Gasteiger partial charge in [0, 0.05) is 6.08 Å². The van der Waals surface area contributed by atoms with Gasteiger partial charge in [0.05, 0.1) is 0 Å². The van der Waals surface area contributed by atoms with E-state index in [1.165, 1.54) is 0 Å². The second kappa shape index (κ2) is 3.70. The maximum absolute atomic E-state index is 12.5. The van der Waals surface area contributed by atoms with Crippen LogP contribution in [0.15, 0.2) is 12.7 Å². The number of carbonyl (C=O) groups excluding carboxylic acids is 1. The number of carbonyl (C=O) groups is 1. The van der Waals surface area contributed by atoms with Crippen LogP contribution in [0.3, 0.4) is 0 Å². The van der Waals surface area contributed by atoms with Gasteiger partial charge in [-0.25, -0.2) is 4.79 Å². The number of esters is 1. The van der Waals surface area contributed by atoms with Gasteiger partial charge in [-0.3, -0.25) is 0 Å². The van der Waals surface area contributed by atoms with Crippen LogP contribution in [0.5, 0.6) is 0 Å². The summed E-state index contributed by atoms with van der Waals surface area (Å²) in [6, 6.07) is 0. The van der Waals surface area contributed by atoms with Crippen LogP contribution in [0, 0.1) is 0 Å². The molecule has 0 aliphatic rings. The normalized spacial score (nSPS) is 13.5. The maximum Gasteiger partial charge on any atom is 0.470 e. The van der Waals surface area contributed by atoms with Gasteiger partial charge in [-0.2, -0.15) is 30.7 Å². The molecule has 15 heavy (non-hydrogen) atoms. The summed E-state index contributed by atoms with van der Waals surface area (Å²) in [5.74, 6) is -8.20. The van der Waals surface area contributed by atoms with E-state index < -0.39 is 24.2 Å². The Labute approximate surface area is 78.3 Å². The highest BCUT2D eigenvalue weighted by Gasteiger charge is 2.76. The van der Waals surface area contributed by atoms with Crippen molar-refractivity contribution in [3.8, 4) is 0 Å². The molecule has 0 saturated carbocycles. The second-order valence-electron chi connectivity index (χ2n) is 2.22. The summed E-state index contributed by atoms with van der Waals surface area (Å²) in [7, 11) is 0. The lowest BCUT2D eigenvalue weighted by molar-refractivity contribution is -0.416. The molecular formula is C6H3F7O2. The van der Waals surface area contributed by atoms with Gasteiger partial charge >= 0.3 is 24.2 Å². The molecule has 0 saturated heterocycles. The highest BCUT2D eigenvalue weighted by Crippen LogP contribution is 2.46. The topological polar surface area (TPSA) is 26.3 Å². The molecule has 0 radical (unpaired) electrons. The average molecular weight is 240 g/mol. The zero-order valence-electron chi connectivity index (χ0n) is 6.75. The molecule has 0 aromatic heterocycles. The zero-order chi connectivity index (χ0) is 12.5. The van der Waals surface area contributed by atoms with E-state index in [0.29, 0.717) is 0 Å². The lowest BCUT2D eigenvalue weighted by Crippen LogP contribution is -2.56. The summed E-state index contributed by atoms with van der Waals surface area (Å²) in [6.07, 6.45) is -12.8. The minimum atomic E-state index is -6.41. The monoisotopic (exact) mass is 240 g/mol. The van der Waals surface area contributed by atoms with Crippen LogP contribution in [-0.4, -0.2) is 24.2 Å². The number of halogens is 7. The molecule has 0 spiro atoms. The fraction of sp³-hybridized carbons (Fsp3) is 0.500. The van der Waals surface area contributed by atoms with Crippen LogP contribution >= 0.6 is 0 Å². The SMILES string of the molecule is C=CC(=O)OC(F)(C(F)(F)F)C(F)(F)F. The quantitative estimate of drug-likeness (QED) is 0.421. The third-order valence-electron chi connectivity index (χ3n) is 1.14. The molecule has 0 aromatic rings. The van der Waals surface area contributed by atoms with E-state index in [2.05, 4.69) is 11.3 Å². The summed E-state index contributed by atoms with van der Waals surface area (Å²) in [5.41, 5.74) is 0. The van der Waals surface area contributed by atoms with Gasteiger partial charge in [0.2, 0.25) is 0 Å². The Morgan fingerprint density at radius 2 is 1.33 bits per heavy atom. The predicted molar refractivity (Wildman–Crippen MR) is 32.2 cm³/mol. The zero-order valence-corrected chi connectivity index (χ0v) is 6.75. The Morgan fingerprint density at radius 3 is 1.53 bits per heavy atom. The second-order valence-corrected chi connectivity index (χ2v) is 2.22. The van der Waals surface area contributed by atoms with Crippen molar-refractivity contribution in [2.24, 2.45) is 0 Å². The van der Waals surface area contributed by atoms with Crippen LogP contribution in [0.25, 0.3) is 0 Å². The number of hydrogen-bond acceptors (Lipinski definition) is 2. The van der Waals surface area contributed by atoms with Crippen LogP contribution < -0.4 is 0 Å². The number of ether oxygens (including phenoxy) is 1. The lowest BCUT2D eigenvalue weighted by Gasteiger charge is -2.28. The van der Waals surface area contributed by atoms with E-state index in [4.69, 9.17) is 0 Å². The first-order valence-corrected chi connectivity index (χ1v) is 3.13. The number of rotatable bonds is 2. The van der Waals surface area contributed by atoms with Crippen molar-refractivity contribution in [2.45, 2.75) is 18.2 Å². The van der Waals surface area contributed by atoms with Crippen LogP contribution in [-0.2, 0) is 9.53 Å². The first-order valence-electron chi connectivity index (χ1n) is 3.13. The Hall–Kier alpha value is -1.28. The van der Waals surface area contributed by atoms with Crippen molar-refractivity contribution in [3.63, 3.8) is 0 Å². The molecule has 0 fully saturated rings.